The van der Waals surface area contributed by atoms with Crippen LogP contribution in [0.5, 0.6) is 5.75 Å². The monoisotopic (exact) mass is 290 g/mol. The first-order valence-corrected chi connectivity index (χ1v) is 5.34. The van der Waals surface area contributed by atoms with Gasteiger partial charge < -0.3 is 4.74 Å². The largest absolute Gasteiger partial charge is 0.573 e. The molecular formula is C11H6ClF3N2O2. The maximum Gasteiger partial charge on any atom is 0.573 e. The van der Waals surface area contributed by atoms with Crippen LogP contribution in [-0.4, -0.2) is 16.6 Å². The number of ether oxygens (including phenoxy) is 1. The molecule has 0 saturated carbocycles. The lowest BCUT2D eigenvalue weighted by atomic mass is 10.1. The Labute approximate surface area is 109 Å². The minimum absolute atomic E-state index is 0.0600. The van der Waals surface area contributed by atoms with Crippen molar-refractivity contribution in [1.82, 2.24) is 10.2 Å². The van der Waals surface area contributed by atoms with E-state index in [1.54, 1.807) is 0 Å². The number of hydrogen-bond donors (Lipinski definition) is 1. The van der Waals surface area contributed by atoms with E-state index >= 15 is 0 Å². The van der Waals surface area contributed by atoms with Gasteiger partial charge in [-0.05, 0) is 24.3 Å². The minimum Gasteiger partial charge on any atom is -0.406 e. The fraction of sp³-hybridized carbons (Fsp3) is 0.0909. The zero-order valence-electron chi connectivity index (χ0n) is 9.16. The van der Waals surface area contributed by atoms with E-state index in [9.17, 15) is 18.0 Å². The summed E-state index contributed by atoms with van der Waals surface area (Å²) in [5.41, 5.74) is 0.148. The molecule has 8 heteroatoms. The average molecular weight is 291 g/mol. The van der Waals surface area contributed by atoms with Crippen LogP contribution in [0.2, 0.25) is 5.02 Å². The molecule has 0 radical (unpaired) electrons. The highest BCUT2D eigenvalue weighted by Gasteiger charge is 2.31. The van der Waals surface area contributed by atoms with Crippen LogP contribution in [-0.2, 0) is 0 Å². The SMILES string of the molecule is O=c1ccc(-c2cc(Cl)cc(OC(F)(F)F)c2)n[nH]1. The second-order valence-corrected chi connectivity index (χ2v) is 3.97. The molecule has 1 aromatic carbocycles. The third-order valence-corrected chi connectivity index (χ3v) is 2.30. The van der Waals surface area contributed by atoms with E-state index in [0.717, 1.165) is 12.1 Å². The van der Waals surface area contributed by atoms with Crippen LogP contribution >= 0.6 is 11.6 Å². The van der Waals surface area contributed by atoms with Gasteiger partial charge in [-0.2, -0.15) is 5.10 Å². The molecule has 2 aromatic rings. The highest BCUT2D eigenvalue weighted by Crippen LogP contribution is 2.30. The fourth-order valence-electron chi connectivity index (χ4n) is 1.41. The van der Waals surface area contributed by atoms with Crippen LogP contribution in [0, 0.1) is 0 Å². The number of benzene rings is 1. The van der Waals surface area contributed by atoms with Crippen LogP contribution in [0.3, 0.4) is 0 Å². The van der Waals surface area contributed by atoms with E-state index in [1.165, 1.54) is 18.2 Å². The van der Waals surface area contributed by atoms with Crippen molar-refractivity contribution >= 4 is 11.6 Å². The molecule has 4 nitrogen and oxygen atoms in total. The second-order valence-electron chi connectivity index (χ2n) is 3.53. The number of nitrogens with one attached hydrogen (secondary N) is 1. The van der Waals surface area contributed by atoms with Crippen molar-refractivity contribution in [3.05, 3.63) is 45.7 Å². The highest BCUT2D eigenvalue weighted by atomic mass is 35.5. The van der Waals surface area contributed by atoms with Crippen LogP contribution in [0.1, 0.15) is 0 Å². The summed E-state index contributed by atoms with van der Waals surface area (Å²) in [6.07, 6.45) is -4.81. The second kappa shape index (κ2) is 4.93. The summed E-state index contributed by atoms with van der Waals surface area (Å²) in [4.78, 5) is 10.9. The summed E-state index contributed by atoms with van der Waals surface area (Å²) in [5.74, 6) is -0.456. The first-order valence-electron chi connectivity index (χ1n) is 4.96. The zero-order valence-corrected chi connectivity index (χ0v) is 9.92. The van der Waals surface area contributed by atoms with Crippen molar-refractivity contribution in [3.8, 4) is 17.0 Å². The zero-order chi connectivity index (χ0) is 14.0. The third-order valence-electron chi connectivity index (χ3n) is 2.08. The molecule has 0 atom stereocenters. The number of nitrogens with zero attached hydrogens (tertiary/aromatic N) is 1. The van der Waals surface area contributed by atoms with Gasteiger partial charge in [-0.25, -0.2) is 5.10 Å². The average Bonchev–Trinajstić information content (AvgIpc) is 2.26. The van der Waals surface area contributed by atoms with Crippen molar-refractivity contribution in [2.45, 2.75) is 6.36 Å². The van der Waals surface area contributed by atoms with E-state index < -0.39 is 17.7 Å². The smallest absolute Gasteiger partial charge is 0.406 e. The Morgan fingerprint density at radius 1 is 1.21 bits per heavy atom. The van der Waals surface area contributed by atoms with Crippen molar-refractivity contribution < 1.29 is 17.9 Å². The Balaban J connectivity index is 2.41. The number of H-pyrrole nitrogens is 1. The standard InChI is InChI=1S/C11H6ClF3N2O2/c12-7-3-6(9-1-2-10(18)17-16-9)4-8(5-7)19-11(13,14)15/h1-5H,(H,17,18). The maximum absolute atomic E-state index is 12.1. The summed E-state index contributed by atoms with van der Waals surface area (Å²) in [6, 6.07) is 6.13. The Morgan fingerprint density at radius 3 is 2.53 bits per heavy atom. The normalized spacial score (nSPS) is 11.4. The first kappa shape index (κ1) is 13.4. The highest BCUT2D eigenvalue weighted by molar-refractivity contribution is 6.31. The van der Waals surface area contributed by atoms with Gasteiger partial charge in [0.25, 0.3) is 5.56 Å². The number of aromatic nitrogens is 2. The predicted molar refractivity (Wildman–Crippen MR) is 62.0 cm³/mol. The van der Waals surface area contributed by atoms with Gasteiger partial charge in [-0.3, -0.25) is 4.79 Å². The molecule has 100 valence electrons. The third kappa shape index (κ3) is 3.72. The number of hydrogen-bond acceptors (Lipinski definition) is 3. The van der Waals surface area contributed by atoms with Gasteiger partial charge in [0.05, 0.1) is 5.69 Å². The van der Waals surface area contributed by atoms with Crippen LogP contribution in [0.25, 0.3) is 11.3 Å². The quantitative estimate of drug-likeness (QED) is 0.925. The number of rotatable bonds is 2. The predicted octanol–water partition coefficient (Wildman–Crippen LogP) is 2.99. The van der Waals surface area contributed by atoms with E-state index in [4.69, 9.17) is 11.6 Å². The van der Waals surface area contributed by atoms with Crippen LogP contribution in [0.15, 0.2) is 35.1 Å². The van der Waals surface area contributed by atoms with Crippen LogP contribution < -0.4 is 10.3 Å². The van der Waals surface area contributed by atoms with Gasteiger partial charge in [0.15, 0.2) is 0 Å². The number of alkyl halides is 3. The van der Waals surface area contributed by atoms with Crippen molar-refractivity contribution in [3.63, 3.8) is 0 Å². The molecule has 1 N–H and O–H groups in total. The van der Waals surface area contributed by atoms with Crippen molar-refractivity contribution in [2.24, 2.45) is 0 Å². The summed E-state index contributed by atoms with van der Waals surface area (Å²) in [5, 5.41) is 5.93. The van der Waals surface area contributed by atoms with Crippen LogP contribution in [0.4, 0.5) is 13.2 Å². The molecule has 0 aliphatic carbocycles. The van der Waals surface area contributed by atoms with E-state index in [0.29, 0.717) is 5.56 Å². The molecular weight excluding hydrogens is 285 g/mol. The Kier molecular flexibility index (Phi) is 3.48. The molecule has 0 aliphatic rings. The molecule has 0 unspecified atom stereocenters. The molecule has 0 bridgehead atoms. The van der Waals surface area contributed by atoms with E-state index in [1.807, 2.05) is 0 Å². The van der Waals surface area contributed by atoms with Gasteiger partial charge in [0.2, 0.25) is 0 Å². The molecule has 0 amide bonds. The summed E-state index contributed by atoms with van der Waals surface area (Å²) < 4.78 is 40.2. The van der Waals surface area contributed by atoms with Crippen molar-refractivity contribution in [1.29, 1.82) is 0 Å². The first-order chi connectivity index (χ1) is 8.83. The van der Waals surface area contributed by atoms with Gasteiger partial charge >= 0.3 is 6.36 Å². The fourth-order valence-corrected chi connectivity index (χ4v) is 1.63. The van der Waals surface area contributed by atoms with Gasteiger partial charge in [0.1, 0.15) is 5.75 Å². The number of aromatic amines is 1. The molecule has 0 aliphatic heterocycles. The Bertz CT molecular complexity index is 635. The lowest BCUT2D eigenvalue weighted by molar-refractivity contribution is -0.274. The van der Waals surface area contributed by atoms with Gasteiger partial charge in [-0.15, -0.1) is 13.2 Å². The minimum atomic E-state index is -4.81. The van der Waals surface area contributed by atoms with Gasteiger partial charge in [0, 0.05) is 16.7 Å². The Hall–Kier alpha value is -2.02. The molecule has 0 saturated heterocycles. The summed E-state index contributed by atoms with van der Waals surface area (Å²) >= 11 is 5.71. The molecule has 19 heavy (non-hydrogen) atoms. The van der Waals surface area contributed by atoms with Crippen molar-refractivity contribution in [2.75, 3.05) is 0 Å². The molecule has 0 spiro atoms. The summed E-state index contributed by atoms with van der Waals surface area (Å²) in [7, 11) is 0. The molecule has 1 heterocycles. The number of halogens is 4. The van der Waals surface area contributed by atoms with Gasteiger partial charge in [-0.1, -0.05) is 11.6 Å². The lowest BCUT2D eigenvalue weighted by Gasteiger charge is -2.10. The molecule has 2 rings (SSSR count). The topological polar surface area (TPSA) is 55.0 Å². The maximum atomic E-state index is 12.1. The van der Waals surface area contributed by atoms with E-state index in [-0.39, 0.29) is 10.7 Å². The Morgan fingerprint density at radius 2 is 1.95 bits per heavy atom. The van der Waals surface area contributed by atoms with E-state index in [2.05, 4.69) is 14.9 Å². The summed E-state index contributed by atoms with van der Waals surface area (Å²) in [6.45, 7) is 0. The lowest BCUT2D eigenvalue weighted by Crippen LogP contribution is -2.17. The molecule has 1 aromatic heterocycles. The molecule has 0 fully saturated rings.